The molecule has 148 valence electrons. The van der Waals surface area contributed by atoms with Crippen molar-refractivity contribution in [1.82, 2.24) is 5.32 Å². The average Bonchev–Trinajstić information content (AvgIpc) is 2.63. The highest BCUT2D eigenvalue weighted by atomic mass is 35.5. The van der Waals surface area contributed by atoms with E-state index in [9.17, 15) is 9.59 Å². The Bertz CT molecular complexity index is 718. The van der Waals surface area contributed by atoms with Crippen molar-refractivity contribution in [2.75, 3.05) is 20.3 Å². The molecule has 0 saturated heterocycles. The first-order valence-electron chi connectivity index (χ1n) is 8.61. The summed E-state index contributed by atoms with van der Waals surface area (Å²) < 4.78 is 15.9. The molecule has 1 unspecified atom stereocenters. The predicted molar refractivity (Wildman–Crippen MR) is 105 cm³/mol. The van der Waals surface area contributed by atoms with Crippen LogP contribution < -0.4 is 5.32 Å². The third kappa shape index (κ3) is 5.26. The Morgan fingerprint density at radius 2 is 1.93 bits per heavy atom. The van der Waals surface area contributed by atoms with E-state index >= 15 is 0 Å². The minimum Gasteiger partial charge on any atom is -0.479 e. The van der Waals surface area contributed by atoms with Crippen molar-refractivity contribution in [3.8, 4) is 0 Å². The summed E-state index contributed by atoms with van der Waals surface area (Å²) in [6, 6.07) is 0. The second kappa shape index (κ2) is 10.6. The smallest absolute Gasteiger partial charge is 0.340 e. The molecule has 0 aliphatic carbocycles. The maximum Gasteiger partial charge on any atom is 0.340 e. The fourth-order valence-corrected chi connectivity index (χ4v) is 2.87. The van der Waals surface area contributed by atoms with Gasteiger partial charge in [-0.15, -0.1) is 0 Å². The molecule has 0 bridgehead atoms. The van der Waals surface area contributed by atoms with Gasteiger partial charge in [0.1, 0.15) is 5.57 Å². The maximum atomic E-state index is 12.8. The first kappa shape index (κ1) is 22.6. The van der Waals surface area contributed by atoms with Crippen molar-refractivity contribution < 1.29 is 23.8 Å². The number of methoxy groups -OCH3 is 1. The Kier molecular flexibility index (Phi) is 8.88. The quantitative estimate of drug-likeness (QED) is 0.473. The molecule has 1 heterocycles. The van der Waals surface area contributed by atoms with Crippen molar-refractivity contribution in [3.05, 3.63) is 58.6 Å². The third-order valence-electron chi connectivity index (χ3n) is 3.80. The Balaban J connectivity index is 3.75. The fraction of sp³-hybridized carbons (Fsp3) is 0.400. The van der Waals surface area contributed by atoms with Crippen molar-refractivity contribution in [2.45, 2.75) is 27.2 Å². The van der Waals surface area contributed by atoms with Crippen LogP contribution in [0.25, 0.3) is 0 Å². The van der Waals surface area contributed by atoms with Gasteiger partial charge >= 0.3 is 11.9 Å². The van der Waals surface area contributed by atoms with E-state index in [1.54, 1.807) is 19.9 Å². The van der Waals surface area contributed by atoms with E-state index in [1.165, 1.54) is 13.2 Å². The van der Waals surface area contributed by atoms with Gasteiger partial charge in [-0.25, -0.2) is 9.59 Å². The van der Waals surface area contributed by atoms with Gasteiger partial charge < -0.3 is 19.5 Å². The van der Waals surface area contributed by atoms with Gasteiger partial charge in [0.05, 0.1) is 31.8 Å². The van der Waals surface area contributed by atoms with E-state index in [-0.39, 0.29) is 28.7 Å². The van der Waals surface area contributed by atoms with Crippen LogP contribution in [0.1, 0.15) is 27.2 Å². The van der Waals surface area contributed by atoms with Gasteiger partial charge in [-0.05, 0) is 25.8 Å². The Morgan fingerprint density at radius 3 is 2.41 bits per heavy atom. The number of dihydropyridines is 1. The standard InChI is InChI=1S/C20H26ClNO5/c1-7-10-14(12(4)21)16-15(19(23)25-6)13(5)22-18(27-11-8-2)17(16)20(24)26-9-3/h7,10,16,22H,1,4,8-9,11H2,2-3,5-6H3/b14-10+. The zero-order chi connectivity index (χ0) is 20.6. The Labute approximate surface area is 165 Å². The Morgan fingerprint density at radius 1 is 1.26 bits per heavy atom. The first-order valence-corrected chi connectivity index (χ1v) is 8.99. The summed E-state index contributed by atoms with van der Waals surface area (Å²) in [5.41, 5.74) is 1.26. The van der Waals surface area contributed by atoms with E-state index in [2.05, 4.69) is 18.5 Å². The monoisotopic (exact) mass is 395 g/mol. The maximum absolute atomic E-state index is 12.8. The summed E-state index contributed by atoms with van der Waals surface area (Å²) in [6.07, 6.45) is 3.83. The van der Waals surface area contributed by atoms with Gasteiger partial charge in [0.25, 0.3) is 0 Å². The zero-order valence-electron chi connectivity index (χ0n) is 16.2. The number of esters is 2. The molecule has 1 aliphatic rings. The number of allylic oxidation sites excluding steroid dienone is 5. The number of carbonyl (C=O) groups excluding carboxylic acids is 2. The number of ether oxygens (including phenoxy) is 3. The van der Waals surface area contributed by atoms with Crippen molar-refractivity contribution in [3.63, 3.8) is 0 Å². The van der Waals surface area contributed by atoms with Gasteiger partial charge in [-0.1, -0.05) is 43.8 Å². The third-order valence-corrected chi connectivity index (χ3v) is 4.02. The molecule has 6 nitrogen and oxygen atoms in total. The lowest BCUT2D eigenvalue weighted by atomic mass is 9.80. The number of rotatable bonds is 9. The van der Waals surface area contributed by atoms with Crippen LogP contribution in [0.5, 0.6) is 0 Å². The minimum atomic E-state index is -0.868. The van der Waals surface area contributed by atoms with Gasteiger partial charge in [0.2, 0.25) is 5.88 Å². The van der Waals surface area contributed by atoms with E-state index in [4.69, 9.17) is 25.8 Å². The molecular formula is C20H26ClNO5. The first-order chi connectivity index (χ1) is 12.8. The van der Waals surface area contributed by atoms with E-state index in [0.29, 0.717) is 17.9 Å². The molecule has 7 heteroatoms. The van der Waals surface area contributed by atoms with Crippen LogP contribution in [0.3, 0.4) is 0 Å². The molecule has 0 spiro atoms. The number of hydrogen-bond donors (Lipinski definition) is 1. The van der Waals surface area contributed by atoms with E-state index in [0.717, 1.165) is 6.42 Å². The molecule has 0 aromatic rings. The second-order valence-electron chi connectivity index (χ2n) is 5.66. The number of carbonyl (C=O) groups is 2. The summed E-state index contributed by atoms with van der Waals surface area (Å²) in [5.74, 6) is -1.87. The van der Waals surface area contributed by atoms with Crippen LogP contribution >= 0.6 is 11.6 Å². The average molecular weight is 396 g/mol. The topological polar surface area (TPSA) is 73.9 Å². The molecule has 0 aromatic heterocycles. The largest absolute Gasteiger partial charge is 0.479 e. The normalized spacial score (nSPS) is 17.2. The molecule has 0 radical (unpaired) electrons. The van der Waals surface area contributed by atoms with Crippen molar-refractivity contribution in [2.24, 2.45) is 5.92 Å². The van der Waals surface area contributed by atoms with Crippen LogP contribution in [0.4, 0.5) is 0 Å². The highest BCUT2D eigenvalue weighted by Gasteiger charge is 2.41. The van der Waals surface area contributed by atoms with E-state index in [1.807, 2.05) is 6.92 Å². The van der Waals surface area contributed by atoms with Crippen LogP contribution in [-0.4, -0.2) is 32.3 Å². The molecule has 0 amide bonds. The van der Waals surface area contributed by atoms with Gasteiger partial charge in [0, 0.05) is 10.7 Å². The Hall–Kier alpha value is -2.47. The highest BCUT2D eigenvalue weighted by Crippen LogP contribution is 2.40. The summed E-state index contributed by atoms with van der Waals surface area (Å²) in [7, 11) is 1.27. The molecular weight excluding hydrogens is 370 g/mol. The molecule has 0 aromatic carbocycles. The van der Waals surface area contributed by atoms with Crippen molar-refractivity contribution >= 4 is 23.5 Å². The number of hydrogen-bond acceptors (Lipinski definition) is 6. The lowest BCUT2D eigenvalue weighted by molar-refractivity contribution is -0.139. The second-order valence-corrected chi connectivity index (χ2v) is 6.12. The summed E-state index contributed by atoms with van der Waals surface area (Å²) in [4.78, 5) is 25.3. The van der Waals surface area contributed by atoms with Gasteiger partial charge in [0.15, 0.2) is 0 Å². The molecule has 1 aliphatic heterocycles. The molecule has 0 fully saturated rings. The van der Waals surface area contributed by atoms with Crippen LogP contribution in [0.2, 0.25) is 0 Å². The van der Waals surface area contributed by atoms with E-state index < -0.39 is 17.9 Å². The zero-order valence-corrected chi connectivity index (χ0v) is 16.9. The van der Waals surface area contributed by atoms with Crippen LogP contribution in [0.15, 0.2) is 58.6 Å². The molecule has 0 saturated carbocycles. The highest BCUT2D eigenvalue weighted by molar-refractivity contribution is 6.32. The predicted octanol–water partition coefficient (Wildman–Crippen LogP) is 3.72. The van der Waals surface area contributed by atoms with Crippen molar-refractivity contribution in [1.29, 1.82) is 0 Å². The van der Waals surface area contributed by atoms with Crippen LogP contribution in [-0.2, 0) is 23.8 Å². The summed E-state index contributed by atoms with van der Waals surface area (Å²) in [6.45, 7) is 13.3. The van der Waals surface area contributed by atoms with Gasteiger partial charge in [-0.2, -0.15) is 0 Å². The molecule has 27 heavy (non-hydrogen) atoms. The summed E-state index contributed by atoms with van der Waals surface area (Å²) in [5, 5.41) is 3.14. The number of halogens is 1. The summed E-state index contributed by atoms with van der Waals surface area (Å²) >= 11 is 6.19. The molecule has 1 rings (SSSR count). The SMILES string of the molecule is C=C/C=C(\C(=C)Cl)C1C(C(=O)OC)=C(C)NC(OCCC)=C1C(=O)OCC. The van der Waals surface area contributed by atoms with Gasteiger partial charge in [-0.3, -0.25) is 0 Å². The molecule has 1 atom stereocenters. The fourth-order valence-electron chi connectivity index (χ4n) is 2.70. The number of nitrogens with one attached hydrogen (secondary N) is 1. The minimum absolute atomic E-state index is 0.131. The van der Waals surface area contributed by atoms with Crippen LogP contribution in [0, 0.1) is 5.92 Å². The lowest BCUT2D eigenvalue weighted by Crippen LogP contribution is -2.36. The molecule has 1 N–H and O–H groups in total. The lowest BCUT2D eigenvalue weighted by Gasteiger charge is -2.31.